The van der Waals surface area contributed by atoms with Gasteiger partial charge in [-0.05, 0) is 63.0 Å². The summed E-state index contributed by atoms with van der Waals surface area (Å²) in [6.45, 7) is 4.82. The lowest BCUT2D eigenvalue weighted by atomic mass is 10.0. The quantitative estimate of drug-likeness (QED) is 0.785. The zero-order chi connectivity index (χ0) is 16.1. The van der Waals surface area contributed by atoms with Crippen molar-refractivity contribution < 1.29 is 4.79 Å². The van der Waals surface area contributed by atoms with Gasteiger partial charge in [-0.2, -0.15) is 0 Å². The van der Waals surface area contributed by atoms with Crippen molar-refractivity contribution in [1.29, 1.82) is 0 Å². The maximum absolute atomic E-state index is 11.8. The van der Waals surface area contributed by atoms with E-state index in [0.717, 1.165) is 51.3 Å². The largest absolute Gasteiger partial charge is 0.371 e. The summed E-state index contributed by atoms with van der Waals surface area (Å²) in [6, 6.07) is 9.11. The number of carbonyl (C=O) groups is 1. The van der Waals surface area contributed by atoms with Crippen LogP contribution in [-0.4, -0.2) is 44.7 Å². The van der Waals surface area contributed by atoms with Gasteiger partial charge in [-0.1, -0.05) is 0 Å². The van der Waals surface area contributed by atoms with Gasteiger partial charge in [0.05, 0.1) is 0 Å². The molecule has 0 aliphatic carbocycles. The first-order valence-corrected chi connectivity index (χ1v) is 8.87. The minimum absolute atomic E-state index is 0.252. The van der Waals surface area contributed by atoms with Gasteiger partial charge in [0.25, 0.3) is 0 Å². The van der Waals surface area contributed by atoms with Crippen molar-refractivity contribution in [3.8, 4) is 0 Å². The maximum atomic E-state index is 11.8. The van der Waals surface area contributed by atoms with Crippen LogP contribution in [0.25, 0.3) is 0 Å². The first-order valence-electron chi connectivity index (χ1n) is 8.87. The number of hydrogen-bond donors (Lipinski definition) is 2. The molecule has 23 heavy (non-hydrogen) atoms. The Morgan fingerprint density at radius 3 is 2.39 bits per heavy atom. The fraction of sp³-hybridized carbons (Fsp3) is 0.611. The molecule has 5 heteroatoms. The average Bonchev–Trinajstić information content (AvgIpc) is 3.02. The van der Waals surface area contributed by atoms with Crippen molar-refractivity contribution >= 4 is 17.3 Å². The number of nitrogens with two attached hydrogens (primary N) is 1. The van der Waals surface area contributed by atoms with E-state index in [0.29, 0.717) is 12.5 Å². The van der Waals surface area contributed by atoms with Crippen molar-refractivity contribution in [2.24, 2.45) is 5.73 Å². The molecule has 2 fully saturated rings. The number of carbonyl (C=O) groups excluding carboxylic acids is 1. The zero-order valence-electron chi connectivity index (χ0n) is 13.8. The molecule has 2 aliphatic heterocycles. The van der Waals surface area contributed by atoms with Crippen molar-refractivity contribution in [3.63, 3.8) is 0 Å². The van der Waals surface area contributed by atoms with Gasteiger partial charge in [-0.3, -0.25) is 4.79 Å². The first kappa shape index (κ1) is 16.3. The molecule has 1 amide bonds. The first-order chi connectivity index (χ1) is 11.3. The van der Waals surface area contributed by atoms with E-state index in [1.54, 1.807) is 0 Å². The summed E-state index contributed by atoms with van der Waals surface area (Å²) in [6.07, 6.45) is 5.07. The van der Waals surface area contributed by atoms with Gasteiger partial charge in [-0.15, -0.1) is 0 Å². The van der Waals surface area contributed by atoms with E-state index in [1.165, 1.54) is 18.5 Å². The average molecular weight is 316 g/mol. The van der Waals surface area contributed by atoms with Crippen molar-refractivity contribution in [2.45, 2.75) is 38.1 Å². The van der Waals surface area contributed by atoms with Gasteiger partial charge in [0.15, 0.2) is 0 Å². The lowest BCUT2D eigenvalue weighted by Gasteiger charge is -2.34. The smallest absolute Gasteiger partial charge is 0.227 e. The van der Waals surface area contributed by atoms with Crippen molar-refractivity contribution in [2.75, 3.05) is 42.5 Å². The molecule has 2 aliphatic rings. The molecule has 5 nitrogen and oxygen atoms in total. The summed E-state index contributed by atoms with van der Waals surface area (Å²) in [5.74, 6) is 0.252. The molecule has 0 bridgehead atoms. The molecule has 3 N–H and O–H groups in total. The standard InChI is InChI=1S/C18H28N4O/c19-10-2-11-20-15-8-13-21(14-9-15)16-4-6-17(7-5-16)22-12-1-3-18(22)23/h4-7,15,20H,1-3,8-14,19H2. The van der Waals surface area contributed by atoms with E-state index in [2.05, 4.69) is 34.5 Å². The Morgan fingerprint density at radius 2 is 1.78 bits per heavy atom. The second-order valence-corrected chi connectivity index (χ2v) is 6.52. The zero-order valence-corrected chi connectivity index (χ0v) is 13.8. The van der Waals surface area contributed by atoms with Crippen LogP contribution in [0, 0.1) is 0 Å². The molecular formula is C18H28N4O. The maximum Gasteiger partial charge on any atom is 0.227 e. The van der Waals surface area contributed by atoms with Crippen LogP contribution >= 0.6 is 0 Å². The number of hydrogen-bond acceptors (Lipinski definition) is 4. The monoisotopic (exact) mass is 316 g/mol. The Labute approximate surface area is 138 Å². The molecule has 2 saturated heterocycles. The number of nitrogens with zero attached hydrogens (tertiary/aromatic N) is 2. The normalized spacial score (nSPS) is 19.6. The molecule has 0 spiro atoms. The molecule has 3 rings (SSSR count). The molecule has 0 saturated carbocycles. The van der Waals surface area contributed by atoms with Crippen LogP contribution < -0.4 is 20.9 Å². The van der Waals surface area contributed by atoms with Crippen LogP contribution in [0.1, 0.15) is 32.1 Å². The molecular weight excluding hydrogens is 288 g/mol. The van der Waals surface area contributed by atoms with Gasteiger partial charge in [0.1, 0.15) is 0 Å². The minimum atomic E-state index is 0.252. The van der Waals surface area contributed by atoms with Crippen LogP contribution in [0.2, 0.25) is 0 Å². The molecule has 1 aromatic rings. The van der Waals surface area contributed by atoms with E-state index in [-0.39, 0.29) is 5.91 Å². The van der Waals surface area contributed by atoms with Crippen LogP contribution in [0.5, 0.6) is 0 Å². The summed E-state index contributed by atoms with van der Waals surface area (Å²) < 4.78 is 0. The van der Waals surface area contributed by atoms with Crippen molar-refractivity contribution in [3.05, 3.63) is 24.3 Å². The Balaban J connectivity index is 1.51. The minimum Gasteiger partial charge on any atom is -0.371 e. The Hall–Kier alpha value is -1.59. The molecule has 0 radical (unpaired) electrons. The third-order valence-electron chi connectivity index (χ3n) is 4.91. The van der Waals surface area contributed by atoms with Crippen LogP contribution in [0.15, 0.2) is 24.3 Å². The highest BCUT2D eigenvalue weighted by atomic mass is 16.2. The van der Waals surface area contributed by atoms with E-state index in [1.807, 2.05) is 4.90 Å². The van der Waals surface area contributed by atoms with Gasteiger partial charge >= 0.3 is 0 Å². The molecule has 2 heterocycles. The van der Waals surface area contributed by atoms with Crippen LogP contribution in [0.3, 0.4) is 0 Å². The predicted molar refractivity (Wildman–Crippen MR) is 94.9 cm³/mol. The summed E-state index contributed by atoms with van der Waals surface area (Å²) >= 11 is 0. The summed E-state index contributed by atoms with van der Waals surface area (Å²) in [5.41, 5.74) is 7.84. The molecule has 1 aromatic carbocycles. The number of nitrogens with one attached hydrogen (secondary N) is 1. The highest BCUT2D eigenvalue weighted by Crippen LogP contribution is 2.26. The second kappa shape index (κ2) is 7.79. The summed E-state index contributed by atoms with van der Waals surface area (Å²) in [5, 5.41) is 3.59. The number of anilines is 2. The molecule has 126 valence electrons. The van der Waals surface area contributed by atoms with Crippen molar-refractivity contribution in [1.82, 2.24) is 5.32 Å². The third-order valence-corrected chi connectivity index (χ3v) is 4.91. The molecule has 0 aromatic heterocycles. The van der Waals surface area contributed by atoms with Gasteiger partial charge < -0.3 is 20.9 Å². The Bertz CT molecular complexity index is 508. The molecule has 0 atom stereocenters. The predicted octanol–water partition coefficient (Wildman–Crippen LogP) is 1.72. The number of piperidine rings is 1. The second-order valence-electron chi connectivity index (χ2n) is 6.52. The topological polar surface area (TPSA) is 61.6 Å². The fourth-order valence-electron chi connectivity index (χ4n) is 3.51. The number of rotatable bonds is 6. The summed E-state index contributed by atoms with van der Waals surface area (Å²) in [7, 11) is 0. The lowest BCUT2D eigenvalue weighted by Crippen LogP contribution is -2.43. The Kier molecular flexibility index (Phi) is 5.51. The highest BCUT2D eigenvalue weighted by molar-refractivity contribution is 5.95. The third kappa shape index (κ3) is 4.03. The van der Waals surface area contributed by atoms with E-state index >= 15 is 0 Å². The number of amides is 1. The van der Waals surface area contributed by atoms with Gasteiger partial charge in [0.2, 0.25) is 5.91 Å². The fourth-order valence-corrected chi connectivity index (χ4v) is 3.51. The van der Waals surface area contributed by atoms with Gasteiger partial charge in [-0.25, -0.2) is 0 Å². The van der Waals surface area contributed by atoms with E-state index in [4.69, 9.17) is 5.73 Å². The SMILES string of the molecule is NCCCNC1CCN(c2ccc(N3CCCC3=O)cc2)CC1. The Morgan fingerprint density at radius 1 is 1.09 bits per heavy atom. The highest BCUT2D eigenvalue weighted by Gasteiger charge is 2.22. The van der Waals surface area contributed by atoms with E-state index in [9.17, 15) is 4.79 Å². The van der Waals surface area contributed by atoms with E-state index < -0.39 is 0 Å². The number of benzene rings is 1. The van der Waals surface area contributed by atoms with Gasteiger partial charge in [0, 0.05) is 43.5 Å². The lowest BCUT2D eigenvalue weighted by molar-refractivity contribution is -0.117. The van der Waals surface area contributed by atoms with Crippen LogP contribution in [0.4, 0.5) is 11.4 Å². The molecule has 0 unspecified atom stereocenters. The van der Waals surface area contributed by atoms with Crippen LogP contribution in [-0.2, 0) is 4.79 Å². The summed E-state index contributed by atoms with van der Waals surface area (Å²) in [4.78, 5) is 16.1.